The van der Waals surface area contributed by atoms with Crippen molar-refractivity contribution >= 4 is 23.5 Å². The summed E-state index contributed by atoms with van der Waals surface area (Å²) in [6, 6.07) is 6.54. The van der Waals surface area contributed by atoms with E-state index in [1.54, 1.807) is 18.2 Å². The number of anilines is 1. The largest absolute Gasteiger partial charge is 0.482 e. The first-order valence-corrected chi connectivity index (χ1v) is 8.01. The fourth-order valence-corrected chi connectivity index (χ4v) is 3.16. The summed E-state index contributed by atoms with van der Waals surface area (Å²) in [5.41, 5.74) is 0.578. The van der Waals surface area contributed by atoms with Crippen molar-refractivity contribution in [2.24, 2.45) is 0 Å². The predicted octanol–water partition coefficient (Wildman–Crippen LogP) is 0.966. The number of carbonyl (C=O) groups excluding carboxylic acids is 3. The molecule has 1 aromatic rings. The molecule has 24 heavy (non-hydrogen) atoms. The summed E-state index contributed by atoms with van der Waals surface area (Å²) < 4.78 is 10.2. The number of benzene rings is 1. The van der Waals surface area contributed by atoms with Gasteiger partial charge in [-0.25, -0.2) is 4.79 Å². The average Bonchev–Trinajstić information content (AvgIpc) is 2.63. The number of rotatable bonds is 3. The second-order valence-corrected chi connectivity index (χ2v) is 5.86. The van der Waals surface area contributed by atoms with Crippen LogP contribution in [0.15, 0.2) is 24.3 Å². The van der Waals surface area contributed by atoms with Gasteiger partial charge in [0.15, 0.2) is 6.61 Å². The van der Waals surface area contributed by atoms with Gasteiger partial charge in [-0.1, -0.05) is 12.1 Å². The number of fused-ring (bicyclic) bond motifs is 1. The monoisotopic (exact) mass is 332 g/mol. The van der Waals surface area contributed by atoms with Crippen LogP contribution in [0.1, 0.15) is 19.3 Å². The van der Waals surface area contributed by atoms with E-state index in [0.29, 0.717) is 24.4 Å². The first kappa shape index (κ1) is 16.3. The summed E-state index contributed by atoms with van der Waals surface area (Å²) in [6.07, 6.45) is 2.31. The molecule has 0 N–H and O–H groups in total. The molecule has 0 spiro atoms. The smallest absolute Gasteiger partial charge is 0.328 e. The van der Waals surface area contributed by atoms with E-state index in [0.717, 1.165) is 12.8 Å². The van der Waals surface area contributed by atoms with Gasteiger partial charge in [0, 0.05) is 6.54 Å². The second-order valence-electron chi connectivity index (χ2n) is 5.86. The van der Waals surface area contributed by atoms with Crippen molar-refractivity contribution in [3.8, 4) is 5.75 Å². The molecule has 7 heteroatoms. The molecule has 7 nitrogen and oxygen atoms in total. The number of nitrogens with zero attached hydrogens (tertiary/aromatic N) is 2. The van der Waals surface area contributed by atoms with E-state index in [1.807, 2.05) is 6.07 Å². The molecule has 1 atom stereocenters. The number of hydrogen-bond donors (Lipinski definition) is 0. The maximum atomic E-state index is 12.7. The van der Waals surface area contributed by atoms with Gasteiger partial charge < -0.3 is 14.4 Å². The van der Waals surface area contributed by atoms with Crippen LogP contribution in [0.5, 0.6) is 5.75 Å². The summed E-state index contributed by atoms with van der Waals surface area (Å²) in [4.78, 5) is 39.8. The highest BCUT2D eigenvalue weighted by atomic mass is 16.5. The van der Waals surface area contributed by atoms with Crippen LogP contribution in [-0.2, 0) is 19.1 Å². The van der Waals surface area contributed by atoms with Gasteiger partial charge in [0.2, 0.25) is 5.91 Å². The molecule has 0 aliphatic carbocycles. The third-order valence-electron chi connectivity index (χ3n) is 4.40. The SMILES string of the molecule is COC(=O)[C@H]1CCCCN1C(=O)CN1C(=O)COc2ccccc21. The lowest BCUT2D eigenvalue weighted by Gasteiger charge is -2.36. The fourth-order valence-electron chi connectivity index (χ4n) is 3.16. The summed E-state index contributed by atoms with van der Waals surface area (Å²) in [6.45, 7) is 0.302. The first-order valence-electron chi connectivity index (χ1n) is 8.01. The molecule has 0 saturated carbocycles. The van der Waals surface area contributed by atoms with E-state index in [2.05, 4.69) is 0 Å². The number of piperidine rings is 1. The molecular formula is C17H20N2O5. The van der Waals surface area contributed by atoms with Crippen LogP contribution in [0, 0.1) is 0 Å². The summed E-state index contributed by atoms with van der Waals surface area (Å²) in [5, 5.41) is 0. The molecule has 2 aliphatic heterocycles. The van der Waals surface area contributed by atoms with Crippen molar-refractivity contribution in [1.29, 1.82) is 0 Å². The lowest BCUT2D eigenvalue weighted by molar-refractivity contribution is -0.154. The van der Waals surface area contributed by atoms with E-state index < -0.39 is 12.0 Å². The maximum Gasteiger partial charge on any atom is 0.328 e. The van der Waals surface area contributed by atoms with E-state index in [1.165, 1.54) is 16.9 Å². The van der Waals surface area contributed by atoms with E-state index in [9.17, 15) is 14.4 Å². The molecule has 1 saturated heterocycles. The summed E-state index contributed by atoms with van der Waals surface area (Å²) in [7, 11) is 1.32. The molecule has 2 heterocycles. The van der Waals surface area contributed by atoms with Crippen LogP contribution in [0.2, 0.25) is 0 Å². The summed E-state index contributed by atoms with van der Waals surface area (Å²) >= 11 is 0. The van der Waals surface area contributed by atoms with Crippen molar-refractivity contribution in [3.05, 3.63) is 24.3 Å². The fraction of sp³-hybridized carbons (Fsp3) is 0.471. The van der Waals surface area contributed by atoms with Gasteiger partial charge in [0.25, 0.3) is 5.91 Å². The van der Waals surface area contributed by atoms with Crippen LogP contribution in [0.3, 0.4) is 0 Å². The Labute approximate surface area is 140 Å². The Morgan fingerprint density at radius 1 is 1.29 bits per heavy atom. The van der Waals surface area contributed by atoms with Crippen LogP contribution in [-0.4, -0.2) is 55.5 Å². The zero-order valence-electron chi connectivity index (χ0n) is 13.6. The molecule has 0 radical (unpaired) electrons. The Bertz CT molecular complexity index is 660. The first-order chi connectivity index (χ1) is 11.6. The van der Waals surface area contributed by atoms with Crippen molar-refractivity contribution in [2.75, 3.05) is 31.7 Å². The third-order valence-corrected chi connectivity index (χ3v) is 4.40. The van der Waals surface area contributed by atoms with Gasteiger partial charge >= 0.3 is 5.97 Å². The van der Waals surface area contributed by atoms with E-state index in [-0.39, 0.29) is 25.0 Å². The Morgan fingerprint density at radius 2 is 2.08 bits per heavy atom. The zero-order valence-corrected chi connectivity index (χ0v) is 13.6. The highest BCUT2D eigenvalue weighted by molar-refractivity contribution is 6.02. The van der Waals surface area contributed by atoms with Crippen molar-refractivity contribution in [2.45, 2.75) is 25.3 Å². The number of methoxy groups -OCH3 is 1. The van der Waals surface area contributed by atoms with Gasteiger partial charge in [-0.05, 0) is 31.4 Å². The average molecular weight is 332 g/mol. The Morgan fingerprint density at radius 3 is 2.88 bits per heavy atom. The minimum atomic E-state index is -0.567. The highest BCUT2D eigenvalue weighted by Gasteiger charge is 2.35. The minimum absolute atomic E-state index is 0.0925. The van der Waals surface area contributed by atoms with Gasteiger partial charge in [-0.2, -0.15) is 0 Å². The van der Waals surface area contributed by atoms with Crippen LogP contribution in [0.25, 0.3) is 0 Å². The van der Waals surface area contributed by atoms with Crippen molar-refractivity contribution in [1.82, 2.24) is 4.90 Å². The lowest BCUT2D eigenvalue weighted by atomic mass is 10.0. The van der Waals surface area contributed by atoms with Crippen LogP contribution < -0.4 is 9.64 Å². The molecule has 0 unspecified atom stereocenters. The zero-order chi connectivity index (χ0) is 17.1. The number of ether oxygens (including phenoxy) is 2. The number of amides is 2. The molecule has 128 valence electrons. The molecule has 0 aromatic heterocycles. The van der Waals surface area contributed by atoms with Crippen LogP contribution >= 0.6 is 0 Å². The molecule has 1 fully saturated rings. The van der Waals surface area contributed by atoms with Gasteiger partial charge in [-0.15, -0.1) is 0 Å². The Hall–Kier alpha value is -2.57. The quantitative estimate of drug-likeness (QED) is 0.771. The number of hydrogen-bond acceptors (Lipinski definition) is 5. The Balaban J connectivity index is 1.78. The predicted molar refractivity (Wildman–Crippen MR) is 85.7 cm³/mol. The highest BCUT2D eigenvalue weighted by Crippen LogP contribution is 2.31. The number of likely N-dealkylation sites (tertiary alicyclic amines) is 1. The Kier molecular flexibility index (Phi) is 4.69. The normalized spacial score (nSPS) is 20.2. The third kappa shape index (κ3) is 3.06. The number of carbonyl (C=O) groups is 3. The number of esters is 1. The minimum Gasteiger partial charge on any atom is -0.482 e. The molecule has 3 rings (SSSR count). The van der Waals surface area contributed by atoms with Crippen LogP contribution in [0.4, 0.5) is 5.69 Å². The van der Waals surface area contributed by atoms with E-state index >= 15 is 0 Å². The van der Waals surface area contributed by atoms with E-state index in [4.69, 9.17) is 9.47 Å². The topological polar surface area (TPSA) is 76.2 Å². The molecule has 2 aliphatic rings. The standard InChI is InChI=1S/C17H20N2O5/c1-23-17(22)13-7-4-5-9-18(13)15(20)10-19-12-6-2-3-8-14(12)24-11-16(19)21/h2-3,6,8,13H,4-5,7,9-11H2,1H3/t13-/m1/s1. The van der Waals surface area contributed by atoms with Crippen molar-refractivity contribution in [3.63, 3.8) is 0 Å². The van der Waals surface area contributed by atoms with Gasteiger partial charge in [0.05, 0.1) is 12.8 Å². The molecule has 1 aromatic carbocycles. The molecule has 0 bridgehead atoms. The van der Waals surface area contributed by atoms with Gasteiger partial charge in [0.1, 0.15) is 18.3 Å². The summed E-state index contributed by atoms with van der Waals surface area (Å²) in [5.74, 6) is -0.353. The van der Waals surface area contributed by atoms with Gasteiger partial charge in [-0.3, -0.25) is 14.5 Å². The second kappa shape index (κ2) is 6.90. The molecule has 2 amide bonds. The maximum absolute atomic E-state index is 12.7. The molecular weight excluding hydrogens is 312 g/mol. The lowest BCUT2D eigenvalue weighted by Crippen LogP contribution is -2.53. The number of para-hydroxylation sites is 2. The van der Waals surface area contributed by atoms with Crippen molar-refractivity contribution < 1.29 is 23.9 Å².